The SMILES string of the molecule is CC(N)(C(=O)NCC1(c2cccc(Cl)c2)CC1)c1ccccc1. The van der Waals surface area contributed by atoms with Gasteiger partial charge >= 0.3 is 0 Å². The second-order valence-electron chi connectivity index (χ2n) is 6.54. The normalized spacial score (nSPS) is 18.0. The summed E-state index contributed by atoms with van der Waals surface area (Å²) in [6, 6.07) is 17.3. The Labute approximate surface area is 141 Å². The van der Waals surface area contributed by atoms with Crippen LogP contribution in [0, 0.1) is 0 Å². The van der Waals surface area contributed by atoms with Crippen LogP contribution in [0.1, 0.15) is 30.9 Å². The summed E-state index contributed by atoms with van der Waals surface area (Å²) in [4.78, 5) is 12.6. The van der Waals surface area contributed by atoms with Crippen LogP contribution in [-0.4, -0.2) is 12.5 Å². The lowest BCUT2D eigenvalue weighted by molar-refractivity contribution is -0.126. The molecule has 0 spiro atoms. The van der Waals surface area contributed by atoms with E-state index in [0.717, 1.165) is 23.4 Å². The molecule has 2 aromatic carbocycles. The summed E-state index contributed by atoms with van der Waals surface area (Å²) in [5.74, 6) is -0.156. The highest BCUT2D eigenvalue weighted by molar-refractivity contribution is 6.30. The Balaban J connectivity index is 1.70. The topological polar surface area (TPSA) is 55.1 Å². The van der Waals surface area contributed by atoms with E-state index in [4.69, 9.17) is 17.3 Å². The molecule has 23 heavy (non-hydrogen) atoms. The molecule has 1 fully saturated rings. The van der Waals surface area contributed by atoms with E-state index in [1.54, 1.807) is 6.92 Å². The van der Waals surface area contributed by atoms with Crippen LogP contribution in [0.5, 0.6) is 0 Å². The maximum Gasteiger partial charge on any atom is 0.244 e. The van der Waals surface area contributed by atoms with Crippen LogP contribution in [-0.2, 0) is 15.7 Å². The summed E-state index contributed by atoms with van der Waals surface area (Å²) >= 11 is 6.09. The van der Waals surface area contributed by atoms with Crippen molar-refractivity contribution in [1.29, 1.82) is 0 Å². The zero-order chi connectivity index (χ0) is 16.5. The second kappa shape index (κ2) is 5.99. The van der Waals surface area contributed by atoms with E-state index >= 15 is 0 Å². The lowest BCUT2D eigenvalue weighted by atomic mass is 9.91. The van der Waals surface area contributed by atoms with Gasteiger partial charge in [-0.2, -0.15) is 0 Å². The molecule has 3 N–H and O–H groups in total. The molecule has 1 atom stereocenters. The third-order valence-corrected chi connectivity index (χ3v) is 4.96. The highest BCUT2D eigenvalue weighted by atomic mass is 35.5. The van der Waals surface area contributed by atoms with Gasteiger partial charge in [-0.05, 0) is 43.0 Å². The molecular formula is C19H21ClN2O. The van der Waals surface area contributed by atoms with Gasteiger partial charge in [0.2, 0.25) is 5.91 Å². The number of hydrogen-bond acceptors (Lipinski definition) is 2. The lowest BCUT2D eigenvalue weighted by Gasteiger charge is -2.26. The highest BCUT2D eigenvalue weighted by Crippen LogP contribution is 2.48. The number of nitrogens with two attached hydrogens (primary N) is 1. The fourth-order valence-electron chi connectivity index (χ4n) is 2.89. The zero-order valence-electron chi connectivity index (χ0n) is 13.2. The molecule has 3 rings (SSSR count). The molecule has 0 aliphatic heterocycles. The minimum Gasteiger partial charge on any atom is -0.353 e. The number of nitrogens with one attached hydrogen (secondary N) is 1. The summed E-state index contributed by atoms with van der Waals surface area (Å²) < 4.78 is 0. The van der Waals surface area contributed by atoms with E-state index in [1.807, 2.05) is 48.5 Å². The Bertz CT molecular complexity index is 708. The molecule has 4 heteroatoms. The van der Waals surface area contributed by atoms with Crippen molar-refractivity contribution in [2.45, 2.75) is 30.7 Å². The van der Waals surface area contributed by atoms with Crippen molar-refractivity contribution in [2.24, 2.45) is 5.73 Å². The molecule has 1 aliphatic rings. The third kappa shape index (κ3) is 3.26. The smallest absolute Gasteiger partial charge is 0.244 e. The van der Waals surface area contributed by atoms with E-state index in [2.05, 4.69) is 11.4 Å². The first-order chi connectivity index (χ1) is 10.9. The van der Waals surface area contributed by atoms with Crippen molar-refractivity contribution in [1.82, 2.24) is 5.32 Å². The Morgan fingerprint density at radius 1 is 1.22 bits per heavy atom. The van der Waals surface area contributed by atoms with E-state index in [-0.39, 0.29) is 11.3 Å². The Kier molecular flexibility index (Phi) is 4.17. The fourth-order valence-corrected chi connectivity index (χ4v) is 3.08. The first-order valence-electron chi connectivity index (χ1n) is 7.83. The van der Waals surface area contributed by atoms with Crippen LogP contribution in [0.3, 0.4) is 0 Å². The van der Waals surface area contributed by atoms with Crippen molar-refractivity contribution >= 4 is 17.5 Å². The predicted octanol–water partition coefficient (Wildman–Crippen LogP) is 3.36. The molecule has 2 aromatic rings. The quantitative estimate of drug-likeness (QED) is 0.884. The van der Waals surface area contributed by atoms with Gasteiger partial charge in [0.25, 0.3) is 0 Å². The molecule has 0 saturated heterocycles. The molecule has 0 bridgehead atoms. The lowest BCUT2D eigenvalue weighted by Crippen LogP contribution is -2.50. The van der Waals surface area contributed by atoms with Crippen LogP contribution >= 0.6 is 11.6 Å². The minimum absolute atomic E-state index is 0.00727. The standard InChI is InChI=1S/C19H21ClN2O/c1-18(21,14-6-3-2-4-7-14)17(23)22-13-19(10-11-19)15-8-5-9-16(20)12-15/h2-9,12H,10-11,13,21H2,1H3,(H,22,23). The van der Waals surface area contributed by atoms with Gasteiger partial charge in [-0.3, -0.25) is 4.79 Å². The van der Waals surface area contributed by atoms with Gasteiger partial charge in [-0.25, -0.2) is 0 Å². The summed E-state index contributed by atoms with van der Waals surface area (Å²) in [5, 5.41) is 3.76. The van der Waals surface area contributed by atoms with Crippen molar-refractivity contribution in [3.8, 4) is 0 Å². The molecule has 120 valence electrons. The van der Waals surface area contributed by atoms with Gasteiger partial charge in [0.1, 0.15) is 5.54 Å². The highest BCUT2D eigenvalue weighted by Gasteiger charge is 2.45. The number of hydrogen-bond donors (Lipinski definition) is 2. The monoisotopic (exact) mass is 328 g/mol. The van der Waals surface area contributed by atoms with Crippen LogP contribution in [0.2, 0.25) is 5.02 Å². The van der Waals surface area contributed by atoms with E-state index in [0.29, 0.717) is 6.54 Å². The van der Waals surface area contributed by atoms with Crippen LogP contribution < -0.4 is 11.1 Å². The molecule has 1 saturated carbocycles. The molecule has 1 amide bonds. The summed E-state index contributed by atoms with van der Waals surface area (Å²) in [6.45, 7) is 2.34. The van der Waals surface area contributed by atoms with E-state index in [1.165, 1.54) is 5.56 Å². The predicted molar refractivity (Wildman–Crippen MR) is 93.4 cm³/mol. The molecule has 3 nitrogen and oxygen atoms in total. The summed E-state index contributed by atoms with van der Waals surface area (Å²) in [6.07, 6.45) is 2.11. The Morgan fingerprint density at radius 3 is 2.52 bits per heavy atom. The van der Waals surface area contributed by atoms with Gasteiger partial charge in [-0.15, -0.1) is 0 Å². The number of rotatable bonds is 5. The molecule has 1 unspecified atom stereocenters. The van der Waals surface area contributed by atoms with Crippen molar-refractivity contribution in [3.05, 3.63) is 70.7 Å². The second-order valence-corrected chi connectivity index (χ2v) is 6.98. The van der Waals surface area contributed by atoms with Gasteiger partial charge in [0.05, 0.1) is 0 Å². The maximum atomic E-state index is 12.6. The maximum absolute atomic E-state index is 12.6. The number of halogens is 1. The van der Waals surface area contributed by atoms with Gasteiger partial charge in [-0.1, -0.05) is 54.1 Å². The van der Waals surface area contributed by atoms with Gasteiger partial charge in [0, 0.05) is 17.0 Å². The Morgan fingerprint density at radius 2 is 1.91 bits per heavy atom. The number of benzene rings is 2. The molecular weight excluding hydrogens is 308 g/mol. The summed E-state index contributed by atoms with van der Waals surface area (Å²) in [7, 11) is 0. The van der Waals surface area contributed by atoms with Crippen molar-refractivity contribution < 1.29 is 4.79 Å². The van der Waals surface area contributed by atoms with Crippen molar-refractivity contribution in [2.75, 3.05) is 6.54 Å². The fraction of sp³-hybridized carbons (Fsp3) is 0.316. The van der Waals surface area contributed by atoms with Crippen LogP contribution in [0.25, 0.3) is 0 Å². The first-order valence-corrected chi connectivity index (χ1v) is 8.21. The number of carbonyl (C=O) groups is 1. The van der Waals surface area contributed by atoms with Crippen LogP contribution in [0.15, 0.2) is 54.6 Å². The van der Waals surface area contributed by atoms with Crippen molar-refractivity contribution in [3.63, 3.8) is 0 Å². The number of amides is 1. The molecule has 0 heterocycles. The molecule has 0 aromatic heterocycles. The summed E-state index contributed by atoms with van der Waals surface area (Å²) in [5.41, 5.74) is 7.23. The van der Waals surface area contributed by atoms with E-state index in [9.17, 15) is 4.79 Å². The average molecular weight is 329 g/mol. The largest absolute Gasteiger partial charge is 0.353 e. The Hall–Kier alpha value is -1.84. The molecule has 1 aliphatic carbocycles. The first kappa shape index (κ1) is 16.0. The van der Waals surface area contributed by atoms with Gasteiger partial charge < -0.3 is 11.1 Å². The number of carbonyl (C=O) groups excluding carboxylic acids is 1. The average Bonchev–Trinajstić information content (AvgIpc) is 3.34. The van der Waals surface area contributed by atoms with Crippen LogP contribution in [0.4, 0.5) is 0 Å². The van der Waals surface area contributed by atoms with Gasteiger partial charge in [0.15, 0.2) is 0 Å². The minimum atomic E-state index is -1.04. The third-order valence-electron chi connectivity index (χ3n) is 4.72. The van der Waals surface area contributed by atoms with E-state index < -0.39 is 5.54 Å². The zero-order valence-corrected chi connectivity index (χ0v) is 13.9. The molecule has 0 radical (unpaired) electrons.